The maximum absolute atomic E-state index is 13.2. The van der Waals surface area contributed by atoms with Crippen LogP contribution in [-0.2, 0) is 6.18 Å². The fraction of sp³-hybridized carbons (Fsp3) is 0.158. The van der Waals surface area contributed by atoms with E-state index in [4.69, 9.17) is 0 Å². The summed E-state index contributed by atoms with van der Waals surface area (Å²) in [4.78, 5) is 20.8. The Kier molecular flexibility index (Phi) is 4.22. The van der Waals surface area contributed by atoms with Gasteiger partial charge in [0.05, 0.1) is 11.3 Å². The molecule has 0 aliphatic carbocycles. The average molecular weight is 389 g/mol. The van der Waals surface area contributed by atoms with Crippen LogP contribution in [-0.4, -0.2) is 20.3 Å². The van der Waals surface area contributed by atoms with Crippen LogP contribution in [0.15, 0.2) is 58.5 Å². The number of halogens is 3. The highest BCUT2D eigenvalue weighted by atomic mass is 32.2. The van der Waals surface area contributed by atoms with Crippen LogP contribution in [0.5, 0.6) is 0 Å². The van der Waals surface area contributed by atoms with Gasteiger partial charge in [0, 0.05) is 10.9 Å². The number of alkyl halides is 3. The Bertz CT molecular complexity index is 1210. The number of hydrogen-bond acceptors (Lipinski definition) is 3. The van der Waals surface area contributed by atoms with Gasteiger partial charge in [-0.15, -0.1) is 0 Å². The zero-order valence-electron chi connectivity index (χ0n) is 14.2. The molecule has 4 aromatic rings. The minimum Gasteiger partial charge on any atom is -0.349 e. The third-order valence-electron chi connectivity index (χ3n) is 4.20. The zero-order valence-corrected chi connectivity index (χ0v) is 15.0. The molecule has 0 aliphatic rings. The fourth-order valence-corrected chi connectivity index (χ4v) is 3.75. The Balaban J connectivity index is 2.05. The summed E-state index contributed by atoms with van der Waals surface area (Å²) in [6.45, 7) is 1.90. The smallest absolute Gasteiger partial charge is 0.349 e. The predicted molar refractivity (Wildman–Crippen MR) is 101 cm³/mol. The normalized spacial score (nSPS) is 12.1. The summed E-state index contributed by atoms with van der Waals surface area (Å²) in [7, 11) is 0. The number of rotatable bonds is 3. The van der Waals surface area contributed by atoms with E-state index in [1.54, 1.807) is 0 Å². The fourth-order valence-electron chi connectivity index (χ4n) is 3.02. The molecule has 0 radical (unpaired) electrons. The molecule has 0 aliphatic heterocycles. The minimum absolute atomic E-state index is 0.138. The summed E-state index contributed by atoms with van der Waals surface area (Å²) < 4.78 is 40.6. The molecule has 0 atom stereocenters. The molecule has 2 aromatic carbocycles. The number of nitrogens with one attached hydrogen (secondary N) is 1. The number of aromatic amines is 1. The van der Waals surface area contributed by atoms with Crippen LogP contribution in [0.2, 0.25) is 0 Å². The van der Waals surface area contributed by atoms with E-state index in [1.165, 1.54) is 28.5 Å². The lowest BCUT2D eigenvalue weighted by Gasteiger charge is -2.13. The first-order chi connectivity index (χ1) is 12.9. The molecule has 0 fully saturated rings. The van der Waals surface area contributed by atoms with E-state index in [0.29, 0.717) is 16.4 Å². The lowest BCUT2D eigenvalue weighted by molar-refractivity contribution is -0.137. The quantitative estimate of drug-likeness (QED) is 0.396. The van der Waals surface area contributed by atoms with Crippen LogP contribution < -0.4 is 5.56 Å². The molecule has 138 valence electrons. The predicted octanol–water partition coefficient (Wildman–Crippen LogP) is 5.00. The number of nitrogens with zero attached hydrogens (tertiary/aromatic N) is 2. The highest BCUT2D eigenvalue weighted by Gasteiger charge is 2.31. The van der Waals surface area contributed by atoms with Crippen molar-refractivity contribution >= 4 is 33.7 Å². The van der Waals surface area contributed by atoms with Crippen molar-refractivity contribution in [2.24, 2.45) is 0 Å². The van der Waals surface area contributed by atoms with Gasteiger partial charge in [-0.25, -0.2) is 4.98 Å². The van der Waals surface area contributed by atoms with E-state index in [2.05, 4.69) is 9.97 Å². The first-order valence-electron chi connectivity index (χ1n) is 8.24. The number of para-hydroxylation sites is 1. The van der Waals surface area contributed by atoms with Crippen molar-refractivity contribution in [2.75, 3.05) is 5.75 Å². The molecule has 0 saturated carbocycles. The molecule has 8 heteroatoms. The van der Waals surface area contributed by atoms with Crippen molar-refractivity contribution in [3.63, 3.8) is 0 Å². The summed E-state index contributed by atoms with van der Waals surface area (Å²) >= 11 is 1.31. The van der Waals surface area contributed by atoms with Crippen LogP contribution in [0.25, 0.3) is 27.6 Å². The van der Waals surface area contributed by atoms with E-state index >= 15 is 0 Å². The largest absolute Gasteiger partial charge is 0.416 e. The van der Waals surface area contributed by atoms with E-state index < -0.39 is 17.3 Å². The van der Waals surface area contributed by atoms with Gasteiger partial charge >= 0.3 is 6.18 Å². The van der Waals surface area contributed by atoms with E-state index in [-0.39, 0.29) is 11.2 Å². The molecule has 4 rings (SSSR count). The Hall–Kier alpha value is -2.74. The van der Waals surface area contributed by atoms with Crippen LogP contribution in [0, 0.1) is 0 Å². The van der Waals surface area contributed by atoms with Crippen LogP contribution in [0.4, 0.5) is 13.2 Å². The van der Waals surface area contributed by atoms with E-state index in [9.17, 15) is 18.0 Å². The highest BCUT2D eigenvalue weighted by molar-refractivity contribution is 7.99. The molecule has 2 heterocycles. The first-order valence-corrected chi connectivity index (χ1v) is 9.22. The number of benzene rings is 2. The molecule has 0 saturated heterocycles. The van der Waals surface area contributed by atoms with Gasteiger partial charge in [-0.3, -0.25) is 9.36 Å². The van der Waals surface area contributed by atoms with Gasteiger partial charge in [0.25, 0.3) is 5.56 Å². The molecule has 0 spiro atoms. The molecule has 1 N–H and O–H groups in total. The molecular weight excluding hydrogens is 375 g/mol. The van der Waals surface area contributed by atoms with Crippen LogP contribution >= 0.6 is 11.8 Å². The van der Waals surface area contributed by atoms with Gasteiger partial charge in [-0.1, -0.05) is 43.0 Å². The van der Waals surface area contributed by atoms with Gasteiger partial charge in [0.1, 0.15) is 11.0 Å². The van der Waals surface area contributed by atoms with Crippen molar-refractivity contribution in [3.8, 4) is 5.69 Å². The third kappa shape index (κ3) is 2.99. The second-order valence-electron chi connectivity index (χ2n) is 5.91. The molecule has 0 bridgehead atoms. The van der Waals surface area contributed by atoms with Crippen molar-refractivity contribution < 1.29 is 13.2 Å². The molecule has 4 nitrogen and oxygen atoms in total. The van der Waals surface area contributed by atoms with Crippen molar-refractivity contribution in [2.45, 2.75) is 18.3 Å². The van der Waals surface area contributed by atoms with Gasteiger partial charge in [-0.05, 0) is 30.0 Å². The molecule has 0 unspecified atom stereocenters. The lowest BCUT2D eigenvalue weighted by Crippen LogP contribution is -2.22. The lowest BCUT2D eigenvalue weighted by atomic mass is 10.2. The van der Waals surface area contributed by atoms with Crippen molar-refractivity contribution in [1.82, 2.24) is 14.5 Å². The number of aromatic nitrogens is 3. The third-order valence-corrected chi connectivity index (χ3v) is 5.02. The molecule has 2 aromatic heterocycles. The van der Waals surface area contributed by atoms with Crippen molar-refractivity contribution in [3.05, 3.63) is 64.4 Å². The standard InChI is InChI=1S/C19H14F3N3OS/c1-2-27-18-24-15-13-8-3-4-9-14(13)23-16(15)17(26)25(18)12-7-5-6-11(10-12)19(20,21)22/h3-10,23H,2H2,1H3. The summed E-state index contributed by atoms with van der Waals surface area (Å²) in [6, 6.07) is 12.1. The maximum Gasteiger partial charge on any atom is 0.416 e. The number of H-pyrrole nitrogens is 1. The zero-order chi connectivity index (χ0) is 19.2. The Morgan fingerprint density at radius 1 is 1.15 bits per heavy atom. The SMILES string of the molecule is CCSc1nc2c([nH]c3ccccc32)c(=O)n1-c1cccc(C(F)(F)F)c1. The minimum atomic E-state index is -4.49. The monoisotopic (exact) mass is 389 g/mol. The molecular formula is C19H14F3N3OS. The van der Waals surface area contributed by atoms with Gasteiger partial charge in [0.15, 0.2) is 5.16 Å². The summed E-state index contributed by atoms with van der Waals surface area (Å²) in [5.74, 6) is 0.624. The van der Waals surface area contributed by atoms with E-state index in [0.717, 1.165) is 23.0 Å². The van der Waals surface area contributed by atoms with Gasteiger partial charge in [0.2, 0.25) is 0 Å². The summed E-state index contributed by atoms with van der Waals surface area (Å²) in [6.07, 6.45) is -4.49. The number of fused-ring (bicyclic) bond motifs is 3. The summed E-state index contributed by atoms with van der Waals surface area (Å²) in [5, 5.41) is 1.16. The Labute approximate surface area is 156 Å². The Morgan fingerprint density at radius 2 is 1.93 bits per heavy atom. The highest BCUT2D eigenvalue weighted by Crippen LogP contribution is 2.31. The second-order valence-corrected chi connectivity index (χ2v) is 7.14. The van der Waals surface area contributed by atoms with Crippen molar-refractivity contribution in [1.29, 1.82) is 0 Å². The number of hydrogen-bond donors (Lipinski definition) is 1. The topological polar surface area (TPSA) is 50.7 Å². The molecule has 27 heavy (non-hydrogen) atoms. The first kappa shape index (κ1) is 17.7. The van der Waals surface area contributed by atoms with Crippen LogP contribution in [0.1, 0.15) is 12.5 Å². The molecule has 0 amide bonds. The average Bonchev–Trinajstić information content (AvgIpc) is 3.01. The van der Waals surface area contributed by atoms with Gasteiger partial charge < -0.3 is 4.98 Å². The second kappa shape index (κ2) is 6.45. The maximum atomic E-state index is 13.2. The Morgan fingerprint density at radius 3 is 2.67 bits per heavy atom. The summed E-state index contributed by atoms with van der Waals surface area (Å²) in [5.41, 5.74) is 0.455. The van der Waals surface area contributed by atoms with Crippen LogP contribution in [0.3, 0.4) is 0 Å². The van der Waals surface area contributed by atoms with Gasteiger partial charge in [-0.2, -0.15) is 13.2 Å². The number of thioether (sulfide) groups is 1. The van der Waals surface area contributed by atoms with E-state index in [1.807, 2.05) is 31.2 Å².